The summed E-state index contributed by atoms with van der Waals surface area (Å²) >= 11 is 0. The van der Waals surface area contributed by atoms with Gasteiger partial charge in [0, 0.05) is 36.3 Å². The minimum atomic E-state index is 0.366. The summed E-state index contributed by atoms with van der Waals surface area (Å²) in [4.78, 5) is 13.6. The summed E-state index contributed by atoms with van der Waals surface area (Å²) in [7, 11) is 0. The Labute approximate surface area is 138 Å². The normalized spacial score (nSPS) is 18.1. The van der Waals surface area contributed by atoms with Crippen LogP contribution in [0.1, 0.15) is 38.3 Å². The third-order valence-corrected chi connectivity index (χ3v) is 4.23. The molecule has 1 fully saturated rings. The first kappa shape index (κ1) is 15.9. The van der Waals surface area contributed by atoms with Crippen LogP contribution in [-0.4, -0.2) is 34.6 Å². The molecular weight excluding hydrogens is 286 g/mol. The van der Waals surface area contributed by atoms with Gasteiger partial charge in [-0.1, -0.05) is 13.8 Å². The Bertz CT molecular complexity index is 621. The lowest BCUT2D eigenvalue weighted by molar-refractivity contribution is 0.392. The lowest BCUT2D eigenvalue weighted by Gasteiger charge is -2.23. The fraction of sp³-hybridized carbons (Fsp3) is 0.500. The van der Waals surface area contributed by atoms with E-state index >= 15 is 0 Å². The highest BCUT2D eigenvalue weighted by molar-refractivity contribution is 5.56. The monoisotopic (exact) mass is 311 g/mol. The number of hydrogen-bond acceptors (Lipinski definition) is 5. The molecule has 1 atom stereocenters. The maximum Gasteiger partial charge on any atom is 0.163 e. The highest BCUT2D eigenvalue weighted by Gasteiger charge is 2.14. The van der Waals surface area contributed by atoms with Crippen LogP contribution in [-0.2, 0) is 0 Å². The van der Waals surface area contributed by atoms with E-state index < -0.39 is 0 Å². The van der Waals surface area contributed by atoms with Crippen molar-refractivity contribution >= 4 is 5.82 Å². The third-order valence-electron chi connectivity index (χ3n) is 4.23. The second-order valence-electron chi connectivity index (χ2n) is 6.49. The van der Waals surface area contributed by atoms with Crippen molar-refractivity contribution in [3.63, 3.8) is 0 Å². The average molecular weight is 311 g/mol. The minimum Gasteiger partial charge on any atom is -0.370 e. The van der Waals surface area contributed by atoms with E-state index in [2.05, 4.69) is 40.5 Å². The Morgan fingerprint density at radius 3 is 2.96 bits per heavy atom. The van der Waals surface area contributed by atoms with Gasteiger partial charge in [-0.05, 0) is 49.9 Å². The molecule has 0 radical (unpaired) electrons. The molecule has 23 heavy (non-hydrogen) atoms. The molecule has 2 aromatic heterocycles. The number of nitrogens with zero attached hydrogens (tertiary/aromatic N) is 3. The van der Waals surface area contributed by atoms with Gasteiger partial charge in [-0.3, -0.25) is 4.98 Å². The number of nitrogens with one attached hydrogen (secondary N) is 2. The summed E-state index contributed by atoms with van der Waals surface area (Å²) in [5.41, 5.74) is 2.01. The highest BCUT2D eigenvalue weighted by Crippen LogP contribution is 2.22. The Kier molecular flexibility index (Phi) is 5.18. The SMILES string of the molecule is CC(C)c1cc(NCC2CCCNC2)nc(-c2cccnc2)n1. The summed E-state index contributed by atoms with van der Waals surface area (Å²) in [5.74, 6) is 2.69. The zero-order valence-electron chi connectivity index (χ0n) is 13.9. The van der Waals surface area contributed by atoms with Gasteiger partial charge in [-0.25, -0.2) is 9.97 Å². The molecule has 0 amide bonds. The molecule has 0 saturated carbocycles. The number of hydrogen-bond donors (Lipinski definition) is 2. The zero-order chi connectivity index (χ0) is 16.1. The standard InChI is InChI=1S/C18H25N5/c1-13(2)16-9-17(21-11-14-5-3-7-19-10-14)23-18(22-16)15-6-4-8-20-12-15/h4,6,8-9,12-14,19H,3,5,7,10-11H2,1-2H3,(H,21,22,23). The molecule has 3 rings (SSSR count). The first-order valence-electron chi connectivity index (χ1n) is 8.46. The molecule has 0 aliphatic carbocycles. The van der Waals surface area contributed by atoms with Gasteiger partial charge < -0.3 is 10.6 Å². The Balaban J connectivity index is 1.79. The van der Waals surface area contributed by atoms with Gasteiger partial charge in [0.05, 0.1) is 0 Å². The van der Waals surface area contributed by atoms with E-state index in [1.807, 2.05) is 18.3 Å². The van der Waals surface area contributed by atoms with Crippen LogP contribution in [0.2, 0.25) is 0 Å². The van der Waals surface area contributed by atoms with Crippen molar-refractivity contribution < 1.29 is 0 Å². The van der Waals surface area contributed by atoms with Crippen LogP contribution in [0, 0.1) is 5.92 Å². The van der Waals surface area contributed by atoms with Crippen LogP contribution in [0.15, 0.2) is 30.6 Å². The van der Waals surface area contributed by atoms with Crippen LogP contribution in [0.5, 0.6) is 0 Å². The van der Waals surface area contributed by atoms with Crippen molar-refractivity contribution in [2.75, 3.05) is 25.0 Å². The topological polar surface area (TPSA) is 62.7 Å². The lowest BCUT2D eigenvalue weighted by Crippen LogP contribution is -2.33. The maximum absolute atomic E-state index is 4.69. The van der Waals surface area contributed by atoms with Crippen molar-refractivity contribution in [2.45, 2.75) is 32.6 Å². The van der Waals surface area contributed by atoms with Gasteiger partial charge >= 0.3 is 0 Å². The molecule has 2 aromatic rings. The molecule has 5 nitrogen and oxygen atoms in total. The van der Waals surface area contributed by atoms with Gasteiger partial charge in [-0.15, -0.1) is 0 Å². The highest BCUT2D eigenvalue weighted by atomic mass is 15.0. The van der Waals surface area contributed by atoms with E-state index in [9.17, 15) is 0 Å². The van der Waals surface area contributed by atoms with Gasteiger partial charge in [0.25, 0.3) is 0 Å². The third kappa shape index (κ3) is 4.26. The molecule has 0 bridgehead atoms. The van der Waals surface area contributed by atoms with Crippen LogP contribution in [0.3, 0.4) is 0 Å². The van der Waals surface area contributed by atoms with Gasteiger partial charge in [0.1, 0.15) is 5.82 Å². The number of aromatic nitrogens is 3. The molecule has 5 heteroatoms. The molecule has 0 aromatic carbocycles. The first-order chi connectivity index (χ1) is 11.2. The van der Waals surface area contributed by atoms with Crippen LogP contribution < -0.4 is 10.6 Å². The molecular formula is C18H25N5. The van der Waals surface area contributed by atoms with Gasteiger partial charge in [-0.2, -0.15) is 0 Å². The number of anilines is 1. The van der Waals surface area contributed by atoms with Crippen molar-refractivity contribution in [1.82, 2.24) is 20.3 Å². The molecule has 1 saturated heterocycles. The quantitative estimate of drug-likeness (QED) is 0.888. The maximum atomic E-state index is 4.69. The number of piperidine rings is 1. The molecule has 2 N–H and O–H groups in total. The second kappa shape index (κ2) is 7.51. The molecule has 0 spiro atoms. The van der Waals surface area contributed by atoms with Crippen molar-refractivity contribution in [3.05, 3.63) is 36.3 Å². The van der Waals surface area contributed by atoms with E-state index in [1.165, 1.54) is 12.8 Å². The average Bonchev–Trinajstić information content (AvgIpc) is 2.61. The summed E-state index contributed by atoms with van der Waals surface area (Å²) in [5, 5.41) is 6.97. The Morgan fingerprint density at radius 1 is 1.35 bits per heavy atom. The van der Waals surface area contributed by atoms with Crippen molar-refractivity contribution in [3.8, 4) is 11.4 Å². The summed E-state index contributed by atoms with van der Waals surface area (Å²) in [6, 6.07) is 5.99. The Morgan fingerprint density at radius 2 is 2.26 bits per heavy atom. The fourth-order valence-electron chi connectivity index (χ4n) is 2.82. The smallest absolute Gasteiger partial charge is 0.163 e. The zero-order valence-corrected chi connectivity index (χ0v) is 13.9. The van der Waals surface area contributed by atoms with Gasteiger partial charge in [0.2, 0.25) is 0 Å². The molecule has 122 valence electrons. The van der Waals surface area contributed by atoms with Crippen LogP contribution >= 0.6 is 0 Å². The second-order valence-corrected chi connectivity index (χ2v) is 6.49. The van der Waals surface area contributed by atoms with Gasteiger partial charge in [0.15, 0.2) is 5.82 Å². The molecule has 3 heterocycles. The van der Waals surface area contributed by atoms with Crippen molar-refractivity contribution in [2.24, 2.45) is 5.92 Å². The fourth-order valence-corrected chi connectivity index (χ4v) is 2.82. The number of rotatable bonds is 5. The van der Waals surface area contributed by atoms with Crippen molar-refractivity contribution in [1.29, 1.82) is 0 Å². The molecule has 1 aliphatic heterocycles. The molecule has 1 aliphatic rings. The summed E-state index contributed by atoms with van der Waals surface area (Å²) < 4.78 is 0. The summed E-state index contributed by atoms with van der Waals surface area (Å²) in [6.45, 7) is 7.50. The number of pyridine rings is 1. The lowest BCUT2D eigenvalue weighted by atomic mass is 10.00. The van der Waals surface area contributed by atoms with E-state index in [0.29, 0.717) is 11.8 Å². The van der Waals surface area contributed by atoms with Crippen LogP contribution in [0.4, 0.5) is 5.82 Å². The predicted molar refractivity (Wildman–Crippen MR) is 93.4 cm³/mol. The van der Waals surface area contributed by atoms with E-state index in [0.717, 1.165) is 42.5 Å². The van der Waals surface area contributed by atoms with E-state index in [-0.39, 0.29) is 0 Å². The predicted octanol–water partition coefficient (Wildman–Crippen LogP) is 3.07. The minimum absolute atomic E-state index is 0.366. The van der Waals surface area contributed by atoms with E-state index in [1.54, 1.807) is 6.20 Å². The summed E-state index contributed by atoms with van der Waals surface area (Å²) in [6.07, 6.45) is 6.12. The molecule has 1 unspecified atom stereocenters. The Hall–Kier alpha value is -2.01. The first-order valence-corrected chi connectivity index (χ1v) is 8.46. The largest absolute Gasteiger partial charge is 0.370 e. The van der Waals surface area contributed by atoms with Crippen LogP contribution in [0.25, 0.3) is 11.4 Å². The van der Waals surface area contributed by atoms with E-state index in [4.69, 9.17) is 4.98 Å².